The summed E-state index contributed by atoms with van der Waals surface area (Å²) in [6.45, 7) is 0. The molecule has 0 aliphatic heterocycles. The number of carboxylic acid groups (broad SMARTS) is 1. The van der Waals surface area contributed by atoms with Gasteiger partial charge in [-0.2, -0.15) is 5.10 Å². The molecule has 2 bridgehead atoms. The number of hydrogen-bond acceptors (Lipinski definition) is 5. The first-order chi connectivity index (χ1) is 16.5. The van der Waals surface area contributed by atoms with E-state index >= 15 is 4.39 Å². The van der Waals surface area contributed by atoms with Crippen LogP contribution in [0, 0.1) is 35.3 Å². The molecule has 0 spiro atoms. The Bertz CT molecular complexity index is 1380. The minimum absolute atomic E-state index is 0.0454. The van der Waals surface area contributed by atoms with Crippen LogP contribution in [0.15, 0.2) is 30.7 Å². The molecule has 3 N–H and O–H groups in total. The molecule has 4 aromatic rings. The quantitative estimate of drug-likeness (QED) is 0.403. The summed E-state index contributed by atoms with van der Waals surface area (Å²) in [5, 5.41) is 17.1. The summed E-state index contributed by atoms with van der Waals surface area (Å²) in [4.78, 5) is 28.2. The third-order valence-electron chi connectivity index (χ3n) is 7.52. The SMILES string of the molecule is O=C(O)C1C2CCC(CC2)C1Cc1nc(-c2c[nH]c3ncc(F)cc23)nc(-c2ccn[nH]2)c1F. The largest absolute Gasteiger partial charge is 0.481 e. The number of fused-ring (bicyclic) bond motifs is 4. The molecule has 0 radical (unpaired) electrons. The Hall–Kier alpha value is -3.69. The molecule has 10 heteroatoms. The van der Waals surface area contributed by atoms with Crippen molar-refractivity contribution in [1.82, 2.24) is 30.1 Å². The number of rotatable bonds is 5. The minimum atomic E-state index is -0.818. The van der Waals surface area contributed by atoms with Gasteiger partial charge in [0, 0.05) is 23.3 Å². The number of hydrogen-bond donors (Lipinski definition) is 3. The number of aromatic nitrogens is 6. The van der Waals surface area contributed by atoms with Crippen LogP contribution >= 0.6 is 0 Å². The summed E-state index contributed by atoms with van der Waals surface area (Å²) < 4.78 is 29.7. The maximum atomic E-state index is 15.8. The van der Waals surface area contributed by atoms with E-state index in [0.717, 1.165) is 31.9 Å². The molecule has 3 aliphatic rings. The van der Waals surface area contributed by atoms with Gasteiger partial charge in [-0.25, -0.2) is 23.7 Å². The van der Waals surface area contributed by atoms with Crippen molar-refractivity contribution >= 4 is 17.0 Å². The molecule has 7 rings (SSSR count). The zero-order valence-electron chi connectivity index (χ0n) is 18.1. The Morgan fingerprint density at radius 3 is 2.68 bits per heavy atom. The molecule has 4 heterocycles. The van der Waals surface area contributed by atoms with E-state index in [-0.39, 0.29) is 41.4 Å². The van der Waals surface area contributed by atoms with E-state index in [1.54, 1.807) is 12.3 Å². The number of aliphatic carboxylic acids is 1. The molecular formula is C24H22F2N6O2. The van der Waals surface area contributed by atoms with Gasteiger partial charge in [0.2, 0.25) is 0 Å². The van der Waals surface area contributed by atoms with Crippen molar-refractivity contribution in [3.63, 3.8) is 0 Å². The van der Waals surface area contributed by atoms with Crippen molar-refractivity contribution in [2.75, 3.05) is 0 Å². The van der Waals surface area contributed by atoms with E-state index in [1.165, 1.54) is 12.3 Å². The number of halogens is 2. The van der Waals surface area contributed by atoms with E-state index in [9.17, 15) is 14.3 Å². The molecule has 0 aromatic carbocycles. The lowest BCUT2D eigenvalue weighted by Crippen LogP contribution is -2.45. The number of carbonyl (C=O) groups is 1. The zero-order chi connectivity index (χ0) is 23.4. The fourth-order valence-corrected chi connectivity index (χ4v) is 5.96. The second-order valence-electron chi connectivity index (χ2n) is 9.29. The number of pyridine rings is 1. The molecule has 34 heavy (non-hydrogen) atoms. The Kier molecular flexibility index (Phi) is 4.89. The summed E-state index contributed by atoms with van der Waals surface area (Å²) in [5.41, 5.74) is 1.54. The monoisotopic (exact) mass is 464 g/mol. The second kappa shape index (κ2) is 7.96. The van der Waals surface area contributed by atoms with Crippen LogP contribution in [-0.2, 0) is 11.2 Å². The molecule has 3 fully saturated rings. The van der Waals surface area contributed by atoms with E-state index < -0.39 is 23.5 Å². The van der Waals surface area contributed by atoms with E-state index in [1.807, 2.05) is 0 Å². The highest BCUT2D eigenvalue weighted by Crippen LogP contribution is 2.50. The first-order valence-corrected chi connectivity index (χ1v) is 11.4. The molecule has 8 nitrogen and oxygen atoms in total. The van der Waals surface area contributed by atoms with Crippen molar-refractivity contribution < 1.29 is 18.7 Å². The number of H-pyrrole nitrogens is 2. The van der Waals surface area contributed by atoms with Crippen LogP contribution in [0.25, 0.3) is 33.8 Å². The fourth-order valence-electron chi connectivity index (χ4n) is 5.96. The van der Waals surface area contributed by atoms with Crippen LogP contribution in [0.4, 0.5) is 8.78 Å². The number of aromatic amines is 2. The molecule has 4 aromatic heterocycles. The Morgan fingerprint density at radius 1 is 1.15 bits per heavy atom. The maximum Gasteiger partial charge on any atom is 0.307 e. The van der Waals surface area contributed by atoms with Crippen molar-refractivity contribution in [1.29, 1.82) is 0 Å². The molecule has 0 saturated heterocycles. The predicted octanol–water partition coefficient (Wildman–Crippen LogP) is 4.37. The van der Waals surface area contributed by atoms with Gasteiger partial charge in [0.05, 0.1) is 23.5 Å². The highest BCUT2D eigenvalue weighted by molar-refractivity contribution is 5.91. The number of carboxylic acids is 1. The minimum Gasteiger partial charge on any atom is -0.481 e. The fraction of sp³-hybridized carbons (Fsp3) is 0.375. The van der Waals surface area contributed by atoms with E-state index in [4.69, 9.17) is 0 Å². The lowest BCUT2D eigenvalue weighted by Gasteiger charge is -2.46. The van der Waals surface area contributed by atoms with Crippen LogP contribution in [0.1, 0.15) is 31.4 Å². The molecule has 174 valence electrons. The van der Waals surface area contributed by atoms with E-state index in [0.29, 0.717) is 22.3 Å². The third kappa shape index (κ3) is 3.36. The molecule has 3 saturated carbocycles. The highest BCUT2D eigenvalue weighted by Gasteiger charge is 2.47. The van der Waals surface area contributed by atoms with Crippen LogP contribution in [-0.4, -0.2) is 41.2 Å². The summed E-state index contributed by atoms with van der Waals surface area (Å²) in [5.74, 6) is -2.06. The average Bonchev–Trinajstić information content (AvgIpc) is 3.51. The zero-order valence-corrected chi connectivity index (χ0v) is 18.1. The molecule has 2 unspecified atom stereocenters. The Labute approximate surface area is 192 Å². The topological polar surface area (TPSA) is 120 Å². The molecule has 0 amide bonds. The van der Waals surface area contributed by atoms with Gasteiger partial charge in [0.1, 0.15) is 17.2 Å². The highest BCUT2D eigenvalue weighted by atomic mass is 19.1. The van der Waals surface area contributed by atoms with Crippen molar-refractivity contribution in [3.05, 3.63) is 48.1 Å². The smallest absolute Gasteiger partial charge is 0.307 e. The predicted molar refractivity (Wildman–Crippen MR) is 118 cm³/mol. The van der Waals surface area contributed by atoms with Crippen molar-refractivity contribution in [2.45, 2.75) is 32.1 Å². The average molecular weight is 464 g/mol. The lowest BCUT2D eigenvalue weighted by molar-refractivity contribution is -0.152. The van der Waals surface area contributed by atoms with Gasteiger partial charge in [0.25, 0.3) is 0 Å². The number of nitrogens with one attached hydrogen (secondary N) is 2. The molecule has 2 atom stereocenters. The van der Waals surface area contributed by atoms with Crippen LogP contribution < -0.4 is 0 Å². The third-order valence-corrected chi connectivity index (χ3v) is 7.52. The van der Waals surface area contributed by atoms with Crippen LogP contribution in [0.5, 0.6) is 0 Å². The standard InChI is InChI=1S/C24H22F2N6O2/c25-13-7-15-16(10-28-22(15)27-9-13)23-30-18(20(26)21(31-23)17-5-6-29-32-17)8-14-11-1-3-12(4-2-11)19(14)24(33)34/h5-7,9-12,14,19H,1-4,8H2,(H,27,28)(H,29,32)(H,33,34). The number of nitrogens with zero attached hydrogens (tertiary/aromatic N) is 4. The summed E-state index contributed by atoms with van der Waals surface area (Å²) in [6.07, 6.45) is 8.16. The maximum absolute atomic E-state index is 15.8. The second-order valence-corrected chi connectivity index (χ2v) is 9.29. The van der Waals surface area contributed by atoms with Crippen molar-refractivity contribution in [2.24, 2.45) is 23.7 Å². The van der Waals surface area contributed by atoms with Gasteiger partial charge in [-0.05, 0) is 62.0 Å². The van der Waals surface area contributed by atoms with Gasteiger partial charge < -0.3 is 10.1 Å². The van der Waals surface area contributed by atoms with Crippen LogP contribution in [0.3, 0.4) is 0 Å². The van der Waals surface area contributed by atoms with Gasteiger partial charge in [-0.1, -0.05) is 0 Å². The van der Waals surface area contributed by atoms with Crippen molar-refractivity contribution in [3.8, 4) is 22.8 Å². The van der Waals surface area contributed by atoms with Gasteiger partial charge in [-0.3, -0.25) is 9.89 Å². The summed E-state index contributed by atoms with van der Waals surface area (Å²) in [6, 6.07) is 2.94. The first kappa shape index (κ1) is 20.9. The van der Waals surface area contributed by atoms with E-state index in [2.05, 4.69) is 30.1 Å². The van der Waals surface area contributed by atoms with Gasteiger partial charge in [-0.15, -0.1) is 0 Å². The Balaban J connectivity index is 1.49. The lowest BCUT2D eigenvalue weighted by atomic mass is 9.57. The normalized spacial score (nSPS) is 24.1. The van der Waals surface area contributed by atoms with Gasteiger partial charge in [0.15, 0.2) is 11.6 Å². The van der Waals surface area contributed by atoms with Gasteiger partial charge >= 0.3 is 5.97 Å². The summed E-state index contributed by atoms with van der Waals surface area (Å²) in [7, 11) is 0. The van der Waals surface area contributed by atoms with Crippen LogP contribution in [0.2, 0.25) is 0 Å². The summed E-state index contributed by atoms with van der Waals surface area (Å²) >= 11 is 0. The molecular weight excluding hydrogens is 442 g/mol. The Morgan fingerprint density at radius 2 is 1.94 bits per heavy atom. The first-order valence-electron chi connectivity index (χ1n) is 11.4. The molecule has 3 aliphatic carbocycles.